The first-order valence-corrected chi connectivity index (χ1v) is 11.4. The molecule has 5 rings (SSSR count). The lowest BCUT2D eigenvalue weighted by Crippen LogP contribution is -2.19. The van der Waals surface area contributed by atoms with Gasteiger partial charge in [0.25, 0.3) is 5.56 Å². The molecule has 9 heteroatoms. The number of rotatable bonds is 3. The first-order chi connectivity index (χ1) is 14.8. The average Bonchev–Trinajstić information content (AvgIpc) is 3.28. The fraction of sp³-hybridized carbons (Fsp3) is 0.136. The zero-order valence-corrected chi connectivity index (χ0v) is 17.8. The molecule has 0 fully saturated rings. The van der Waals surface area contributed by atoms with Crippen molar-refractivity contribution in [1.82, 2.24) is 19.6 Å². The van der Waals surface area contributed by atoms with Crippen molar-refractivity contribution in [3.05, 3.63) is 70.3 Å². The van der Waals surface area contributed by atoms with Crippen molar-refractivity contribution in [3.8, 4) is 22.6 Å². The maximum absolute atomic E-state index is 13.4. The van der Waals surface area contributed by atoms with E-state index in [2.05, 4.69) is 15.1 Å². The maximum Gasteiger partial charge on any atom is 0.285 e. The number of oxazole rings is 1. The minimum Gasteiger partial charge on any atom is -0.436 e. The molecule has 2 aromatic carbocycles. The number of fused-ring (bicyclic) bond motifs is 2. The third-order valence-electron chi connectivity index (χ3n) is 5.20. The lowest BCUT2D eigenvalue weighted by atomic mass is 10.1. The number of H-pyrrole nitrogens is 1. The maximum atomic E-state index is 13.4. The number of sulfone groups is 1. The summed E-state index contributed by atoms with van der Waals surface area (Å²) < 4.78 is 31.4. The summed E-state index contributed by atoms with van der Waals surface area (Å²) in [6.07, 6.45) is 1.11. The van der Waals surface area contributed by atoms with E-state index < -0.39 is 9.84 Å². The standard InChI is InChI=1S/C22H18N4O4S/c1-12-18(21-24-19-15(30-21)10-7-11-16(19)31(3,28)29)22(27)26-20(23-12)17(13(2)25-26)14-8-5-4-6-9-14/h4-11,25H,1-3H3. The van der Waals surface area contributed by atoms with Gasteiger partial charge in [0, 0.05) is 17.5 Å². The molecule has 0 unspecified atom stereocenters. The zero-order chi connectivity index (χ0) is 21.9. The van der Waals surface area contributed by atoms with Crippen molar-refractivity contribution < 1.29 is 12.8 Å². The van der Waals surface area contributed by atoms with Crippen LogP contribution in [0.2, 0.25) is 0 Å². The Balaban J connectivity index is 1.79. The van der Waals surface area contributed by atoms with Gasteiger partial charge in [-0.25, -0.2) is 22.9 Å². The Morgan fingerprint density at radius 1 is 0.968 bits per heavy atom. The molecule has 0 saturated heterocycles. The van der Waals surface area contributed by atoms with Crippen LogP contribution in [0, 0.1) is 13.8 Å². The fourth-order valence-electron chi connectivity index (χ4n) is 3.82. The van der Waals surface area contributed by atoms with E-state index in [4.69, 9.17) is 4.42 Å². The quantitative estimate of drug-likeness (QED) is 0.465. The molecule has 1 N–H and O–H groups in total. The Labute approximate surface area is 177 Å². The van der Waals surface area contributed by atoms with Crippen molar-refractivity contribution in [1.29, 1.82) is 0 Å². The summed E-state index contributed by atoms with van der Waals surface area (Å²) in [6, 6.07) is 14.4. The summed E-state index contributed by atoms with van der Waals surface area (Å²) in [6.45, 7) is 3.59. The van der Waals surface area contributed by atoms with Crippen molar-refractivity contribution >= 4 is 26.6 Å². The van der Waals surface area contributed by atoms with Crippen molar-refractivity contribution in [3.63, 3.8) is 0 Å². The molecule has 0 radical (unpaired) electrons. The lowest BCUT2D eigenvalue weighted by molar-refractivity contribution is 0.602. The minimum absolute atomic E-state index is 0.0315. The Morgan fingerprint density at radius 3 is 2.42 bits per heavy atom. The molecular weight excluding hydrogens is 416 g/mol. The van der Waals surface area contributed by atoms with Crippen LogP contribution in [0.4, 0.5) is 0 Å². The van der Waals surface area contributed by atoms with Gasteiger partial charge >= 0.3 is 0 Å². The summed E-state index contributed by atoms with van der Waals surface area (Å²) in [4.78, 5) is 22.4. The van der Waals surface area contributed by atoms with E-state index in [0.29, 0.717) is 11.3 Å². The molecule has 0 aliphatic carbocycles. The number of aromatic nitrogens is 4. The van der Waals surface area contributed by atoms with Gasteiger partial charge in [-0.15, -0.1) is 0 Å². The molecule has 3 aromatic heterocycles. The Morgan fingerprint density at radius 2 is 1.71 bits per heavy atom. The summed E-state index contributed by atoms with van der Waals surface area (Å²) in [5.74, 6) is 0.0315. The van der Waals surface area contributed by atoms with Gasteiger partial charge in [0.1, 0.15) is 11.1 Å². The van der Waals surface area contributed by atoms with Gasteiger partial charge in [0.2, 0.25) is 5.89 Å². The van der Waals surface area contributed by atoms with E-state index >= 15 is 0 Å². The molecule has 156 valence electrons. The van der Waals surface area contributed by atoms with Gasteiger partial charge in [-0.1, -0.05) is 36.4 Å². The molecule has 0 amide bonds. The molecule has 31 heavy (non-hydrogen) atoms. The zero-order valence-electron chi connectivity index (χ0n) is 17.0. The number of benzene rings is 2. The van der Waals surface area contributed by atoms with Gasteiger partial charge in [-0.05, 0) is 31.5 Å². The predicted octanol–water partition coefficient (Wildman–Crippen LogP) is 3.52. The van der Waals surface area contributed by atoms with E-state index in [0.717, 1.165) is 23.1 Å². The summed E-state index contributed by atoms with van der Waals surface area (Å²) in [7, 11) is -3.51. The molecular formula is C22H18N4O4S. The third kappa shape index (κ3) is 2.97. The second-order valence-electron chi connectivity index (χ2n) is 7.41. The molecule has 0 aliphatic rings. The van der Waals surface area contributed by atoms with Gasteiger partial charge in [0.05, 0.1) is 10.6 Å². The topological polar surface area (TPSA) is 110 Å². The highest BCUT2D eigenvalue weighted by Gasteiger charge is 2.23. The fourth-order valence-corrected chi connectivity index (χ4v) is 4.64. The van der Waals surface area contributed by atoms with Crippen LogP contribution in [0.1, 0.15) is 11.4 Å². The lowest BCUT2D eigenvalue weighted by Gasteiger charge is -2.04. The Hall–Kier alpha value is -3.72. The first kappa shape index (κ1) is 19.3. The predicted molar refractivity (Wildman–Crippen MR) is 117 cm³/mol. The van der Waals surface area contributed by atoms with Crippen molar-refractivity contribution in [2.24, 2.45) is 0 Å². The van der Waals surface area contributed by atoms with Crippen LogP contribution in [0.15, 0.2) is 62.6 Å². The molecule has 0 aliphatic heterocycles. The van der Waals surface area contributed by atoms with Crippen LogP contribution in [0.5, 0.6) is 0 Å². The molecule has 3 heterocycles. The molecule has 8 nitrogen and oxygen atoms in total. The molecule has 5 aromatic rings. The van der Waals surface area contributed by atoms with E-state index in [1.165, 1.54) is 10.6 Å². The number of hydrogen-bond donors (Lipinski definition) is 1. The van der Waals surface area contributed by atoms with E-state index in [1.807, 2.05) is 37.3 Å². The number of hydrogen-bond acceptors (Lipinski definition) is 6. The SMILES string of the molecule is Cc1nc2c(-c3ccccc3)c(C)[nH]n2c(=O)c1-c1nc2c(S(C)(=O)=O)cccc2o1. The molecule has 0 bridgehead atoms. The number of nitrogens with zero attached hydrogens (tertiary/aromatic N) is 3. The molecule has 0 spiro atoms. The van der Waals surface area contributed by atoms with E-state index in [9.17, 15) is 13.2 Å². The van der Waals surface area contributed by atoms with Crippen LogP contribution in [-0.2, 0) is 9.84 Å². The highest BCUT2D eigenvalue weighted by molar-refractivity contribution is 7.91. The Kier molecular flexibility index (Phi) is 4.13. The normalized spacial score (nSPS) is 12.1. The summed E-state index contributed by atoms with van der Waals surface area (Å²) >= 11 is 0. The first-order valence-electron chi connectivity index (χ1n) is 9.53. The van der Waals surface area contributed by atoms with E-state index in [1.54, 1.807) is 19.1 Å². The largest absolute Gasteiger partial charge is 0.436 e. The molecule has 0 atom stereocenters. The van der Waals surface area contributed by atoms with Gasteiger partial charge < -0.3 is 4.42 Å². The Bertz CT molecular complexity index is 1640. The monoisotopic (exact) mass is 434 g/mol. The number of aryl methyl sites for hydroxylation is 2. The summed E-state index contributed by atoms with van der Waals surface area (Å²) in [5.41, 5.74) is 3.79. The van der Waals surface area contributed by atoms with Crippen LogP contribution in [-0.4, -0.2) is 34.3 Å². The highest BCUT2D eigenvalue weighted by atomic mass is 32.2. The minimum atomic E-state index is -3.51. The van der Waals surface area contributed by atoms with Crippen LogP contribution < -0.4 is 5.56 Å². The van der Waals surface area contributed by atoms with Gasteiger partial charge in [-0.2, -0.15) is 0 Å². The van der Waals surface area contributed by atoms with E-state index in [-0.39, 0.29) is 33.0 Å². The van der Waals surface area contributed by atoms with Gasteiger partial charge in [0.15, 0.2) is 21.1 Å². The van der Waals surface area contributed by atoms with Crippen LogP contribution in [0.3, 0.4) is 0 Å². The third-order valence-corrected chi connectivity index (χ3v) is 6.33. The van der Waals surface area contributed by atoms with Gasteiger partial charge in [-0.3, -0.25) is 9.89 Å². The number of para-hydroxylation sites is 1. The molecule has 0 saturated carbocycles. The van der Waals surface area contributed by atoms with Crippen LogP contribution in [0.25, 0.3) is 39.3 Å². The number of aromatic amines is 1. The smallest absolute Gasteiger partial charge is 0.285 e. The van der Waals surface area contributed by atoms with Crippen LogP contribution >= 0.6 is 0 Å². The average molecular weight is 434 g/mol. The second kappa shape index (κ2) is 6.64. The number of nitrogens with one attached hydrogen (secondary N) is 1. The van der Waals surface area contributed by atoms with Crippen molar-refractivity contribution in [2.75, 3.05) is 6.26 Å². The summed E-state index contributed by atoms with van der Waals surface area (Å²) in [5, 5.41) is 3.08. The second-order valence-corrected chi connectivity index (χ2v) is 9.39. The van der Waals surface area contributed by atoms with Crippen molar-refractivity contribution in [2.45, 2.75) is 18.7 Å². The highest BCUT2D eigenvalue weighted by Crippen LogP contribution is 2.30.